The SMILES string of the molecule is COc1ccc(-c2nc(C)c(C(=O)NCc3ccc(Cn4cncn4)cc3)s2)cc1OC. The van der Waals surface area contributed by atoms with Crippen LogP contribution in [0.1, 0.15) is 26.5 Å². The molecular weight excluding hydrogens is 426 g/mol. The molecule has 2 aromatic heterocycles. The molecule has 2 aromatic carbocycles. The van der Waals surface area contributed by atoms with E-state index in [4.69, 9.17) is 9.47 Å². The number of nitrogens with zero attached hydrogens (tertiary/aromatic N) is 4. The van der Waals surface area contributed by atoms with E-state index in [1.165, 1.54) is 17.7 Å². The van der Waals surface area contributed by atoms with E-state index < -0.39 is 0 Å². The van der Waals surface area contributed by atoms with Gasteiger partial charge in [0.1, 0.15) is 22.5 Å². The van der Waals surface area contributed by atoms with Gasteiger partial charge in [-0.25, -0.2) is 14.6 Å². The Kier molecular flexibility index (Phi) is 6.46. The number of hydrogen-bond donors (Lipinski definition) is 1. The van der Waals surface area contributed by atoms with Gasteiger partial charge in [-0.3, -0.25) is 4.79 Å². The van der Waals surface area contributed by atoms with Crippen LogP contribution in [0.25, 0.3) is 10.6 Å². The van der Waals surface area contributed by atoms with Gasteiger partial charge in [0.15, 0.2) is 11.5 Å². The normalized spacial score (nSPS) is 10.7. The van der Waals surface area contributed by atoms with Crippen LogP contribution in [0.15, 0.2) is 55.1 Å². The Balaban J connectivity index is 1.41. The van der Waals surface area contributed by atoms with Crippen LogP contribution in [-0.4, -0.2) is 39.9 Å². The minimum atomic E-state index is -0.140. The zero-order valence-corrected chi connectivity index (χ0v) is 18.8. The maximum atomic E-state index is 12.8. The molecule has 0 aliphatic rings. The number of nitrogens with one attached hydrogen (secondary N) is 1. The van der Waals surface area contributed by atoms with Crippen molar-refractivity contribution in [2.45, 2.75) is 20.0 Å². The first kappa shape index (κ1) is 21.5. The van der Waals surface area contributed by atoms with E-state index in [2.05, 4.69) is 20.4 Å². The second-order valence-electron chi connectivity index (χ2n) is 7.10. The van der Waals surface area contributed by atoms with Gasteiger partial charge in [-0.2, -0.15) is 5.10 Å². The molecule has 0 aliphatic heterocycles. The van der Waals surface area contributed by atoms with Crippen molar-refractivity contribution in [2.75, 3.05) is 14.2 Å². The van der Waals surface area contributed by atoms with Gasteiger partial charge in [0.25, 0.3) is 5.91 Å². The van der Waals surface area contributed by atoms with Gasteiger partial charge >= 0.3 is 0 Å². The van der Waals surface area contributed by atoms with E-state index in [0.717, 1.165) is 21.7 Å². The molecule has 0 unspecified atom stereocenters. The van der Waals surface area contributed by atoms with Crippen molar-refractivity contribution in [3.05, 3.63) is 76.8 Å². The van der Waals surface area contributed by atoms with Crippen LogP contribution in [0.5, 0.6) is 11.5 Å². The molecule has 0 atom stereocenters. The Morgan fingerprint density at radius 2 is 1.81 bits per heavy atom. The predicted molar refractivity (Wildman–Crippen MR) is 122 cm³/mol. The zero-order valence-electron chi connectivity index (χ0n) is 18.0. The summed E-state index contributed by atoms with van der Waals surface area (Å²) in [6, 6.07) is 13.6. The molecule has 0 saturated heterocycles. The van der Waals surface area contributed by atoms with Crippen LogP contribution in [0.3, 0.4) is 0 Å². The first-order chi connectivity index (χ1) is 15.6. The number of amides is 1. The Morgan fingerprint density at radius 3 is 2.50 bits per heavy atom. The molecule has 1 N–H and O–H groups in total. The summed E-state index contributed by atoms with van der Waals surface area (Å²) in [4.78, 5) is 21.9. The molecular formula is C23H23N5O3S. The fourth-order valence-electron chi connectivity index (χ4n) is 3.23. The molecule has 0 saturated carbocycles. The number of aromatic nitrogens is 4. The number of hydrogen-bond acceptors (Lipinski definition) is 7. The Morgan fingerprint density at radius 1 is 1.06 bits per heavy atom. The summed E-state index contributed by atoms with van der Waals surface area (Å²) in [5.41, 5.74) is 3.70. The molecule has 4 rings (SSSR count). The van der Waals surface area contributed by atoms with E-state index in [1.54, 1.807) is 25.2 Å². The standard InChI is InChI=1S/C23H23N5O3S/c1-15-21(32-23(27-15)18-8-9-19(30-2)20(10-18)31-3)22(29)25-11-16-4-6-17(7-5-16)12-28-14-24-13-26-28/h4-10,13-14H,11-12H2,1-3H3,(H,25,29). The minimum absolute atomic E-state index is 0.140. The van der Waals surface area contributed by atoms with Crippen molar-refractivity contribution in [2.24, 2.45) is 0 Å². The lowest BCUT2D eigenvalue weighted by atomic mass is 10.1. The van der Waals surface area contributed by atoms with E-state index in [-0.39, 0.29) is 5.91 Å². The maximum Gasteiger partial charge on any atom is 0.263 e. The molecule has 2 heterocycles. The average molecular weight is 450 g/mol. The molecule has 164 valence electrons. The lowest BCUT2D eigenvalue weighted by Gasteiger charge is -2.08. The summed E-state index contributed by atoms with van der Waals surface area (Å²) < 4.78 is 12.4. The summed E-state index contributed by atoms with van der Waals surface area (Å²) >= 11 is 1.36. The van der Waals surface area contributed by atoms with Crippen molar-refractivity contribution in [3.63, 3.8) is 0 Å². The number of carbonyl (C=O) groups excluding carboxylic acids is 1. The lowest BCUT2D eigenvalue weighted by molar-refractivity contribution is 0.0954. The van der Waals surface area contributed by atoms with Crippen LogP contribution in [0.2, 0.25) is 0 Å². The lowest BCUT2D eigenvalue weighted by Crippen LogP contribution is -2.22. The number of carbonyl (C=O) groups is 1. The second-order valence-corrected chi connectivity index (χ2v) is 8.09. The third kappa shape index (κ3) is 4.78. The van der Waals surface area contributed by atoms with Crippen molar-refractivity contribution in [1.29, 1.82) is 0 Å². The van der Waals surface area contributed by atoms with Gasteiger partial charge < -0.3 is 14.8 Å². The van der Waals surface area contributed by atoms with E-state index >= 15 is 0 Å². The molecule has 0 spiro atoms. The highest BCUT2D eigenvalue weighted by Crippen LogP contribution is 2.35. The monoisotopic (exact) mass is 449 g/mol. The highest BCUT2D eigenvalue weighted by atomic mass is 32.1. The Bertz CT molecular complexity index is 1200. The minimum Gasteiger partial charge on any atom is -0.493 e. The summed E-state index contributed by atoms with van der Waals surface area (Å²) in [5, 5.41) is 7.85. The average Bonchev–Trinajstić information content (AvgIpc) is 3.47. The second kappa shape index (κ2) is 9.61. The predicted octanol–water partition coefficient (Wildman–Crippen LogP) is 3.71. The van der Waals surface area contributed by atoms with Crippen LogP contribution in [0.4, 0.5) is 0 Å². The third-order valence-corrected chi connectivity index (χ3v) is 6.13. The van der Waals surface area contributed by atoms with E-state index in [1.807, 2.05) is 49.4 Å². The van der Waals surface area contributed by atoms with Gasteiger partial charge in [-0.15, -0.1) is 11.3 Å². The van der Waals surface area contributed by atoms with Gasteiger partial charge in [0, 0.05) is 12.1 Å². The number of thiazole rings is 1. The van der Waals surface area contributed by atoms with E-state index in [0.29, 0.717) is 35.2 Å². The largest absolute Gasteiger partial charge is 0.493 e. The molecule has 0 radical (unpaired) electrons. The topological polar surface area (TPSA) is 91.2 Å². The fourth-order valence-corrected chi connectivity index (χ4v) is 4.21. The molecule has 1 amide bonds. The summed E-state index contributed by atoms with van der Waals surface area (Å²) in [7, 11) is 3.19. The molecule has 8 nitrogen and oxygen atoms in total. The van der Waals surface area contributed by atoms with Crippen molar-refractivity contribution < 1.29 is 14.3 Å². The van der Waals surface area contributed by atoms with Gasteiger partial charge in [0.05, 0.1) is 26.5 Å². The number of rotatable bonds is 8. The number of ether oxygens (including phenoxy) is 2. The highest BCUT2D eigenvalue weighted by Gasteiger charge is 2.17. The van der Waals surface area contributed by atoms with Gasteiger partial charge in [-0.1, -0.05) is 24.3 Å². The van der Waals surface area contributed by atoms with Crippen molar-refractivity contribution >= 4 is 17.2 Å². The van der Waals surface area contributed by atoms with Gasteiger partial charge in [-0.05, 0) is 36.2 Å². The third-order valence-electron chi connectivity index (χ3n) is 4.92. The van der Waals surface area contributed by atoms with Crippen LogP contribution >= 0.6 is 11.3 Å². The fraction of sp³-hybridized carbons (Fsp3) is 0.217. The molecule has 0 bridgehead atoms. The summed E-state index contributed by atoms with van der Waals surface area (Å²) in [6.45, 7) is 2.94. The van der Waals surface area contributed by atoms with Crippen molar-refractivity contribution in [3.8, 4) is 22.1 Å². The highest BCUT2D eigenvalue weighted by molar-refractivity contribution is 7.17. The quantitative estimate of drug-likeness (QED) is 0.441. The molecule has 0 aliphatic carbocycles. The van der Waals surface area contributed by atoms with Gasteiger partial charge in [0.2, 0.25) is 0 Å². The number of methoxy groups -OCH3 is 2. The summed E-state index contributed by atoms with van der Waals surface area (Å²) in [6.07, 6.45) is 3.20. The first-order valence-corrected chi connectivity index (χ1v) is 10.8. The number of benzene rings is 2. The van der Waals surface area contributed by atoms with Crippen molar-refractivity contribution in [1.82, 2.24) is 25.1 Å². The first-order valence-electron chi connectivity index (χ1n) is 9.95. The Hall–Kier alpha value is -3.72. The molecule has 32 heavy (non-hydrogen) atoms. The molecule has 9 heteroatoms. The smallest absolute Gasteiger partial charge is 0.263 e. The van der Waals surface area contributed by atoms with E-state index in [9.17, 15) is 4.79 Å². The maximum absolute atomic E-state index is 12.8. The Labute approximate surface area is 189 Å². The molecule has 0 fully saturated rings. The van der Waals surface area contributed by atoms with Crippen LogP contribution in [-0.2, 0) is 13.1 Å². The molecule has 4 aromatic rings. The zero-order chi connectivity index (χ0) is 22.5. The summed E-state index contributed by atoms with van der Waals surface area (Å²) in [5.74, 6) is 1.13. The number of aryl methyl sites for hydroxylation is 1. The van der Waals surface area contributed by atoms with Crippen LogP contribution < -0.4 is 14.8 Å². The van der Waals surface area contributed by atoms with Crippen LogP contribution in [0, 0.1) is 6.92 Å².